The summed E-state index contributed by atoms with van der Waals surface area (Å²) in [5.41, 5.74) is 0.934. The van der Waals surface area contributed by atoms with E-state index in [0.717, 1.165) is 10.1 Å². The lowest BCUT2D eigenvalue weighted by Gasteiger charge is -2.02. The Bertz CT molecular complexity index is 939. The molecule has 21 heavy (non-hydrogen) atoms. The van der Waals surface area contributed by atoms with Crippen molar-refractivity contribution in [1.29, 1.82) is 0 Å². The first-order valence-corrected chi connectivity index (χ1v) is 6.64. The number of halogens is 1. The maximum absolute atomic E-state index is 12.4. The largest absolute Gasteiger partial charge is 0.355 e. The molecule has 0 spiro atoms. The zero-order chi connectivity index (χ0) is 15.1. The van der Waals surface area contributed by atoms with E-state index >= 15 is 0 Å². The van der Waals surface area contributed by atoms with Crippen molar-refractivity contribution < 1.29 is 4.57 Å². The third kappa shape index (κ3) is 2.06. The molecule has 0 fully saturated rings. The van der Waals surface area contributed by atoms with E-state index in [-0.39, 0.29) is 5.56 Å². The lowest BCUT2D eigenvalue weighted by atomic mass is 10.2. The Morgan fingerprint density at radius 2 is 1.90 bits per heavy atom. The quantitative estimate of drug-likeness (QED) is 0.533. The third-order valence-electron chi connectivity index (χ3n) is 3.46. The molecule has 0 aromatic carbocycles. The third-order valence-corrected chi connectivity index (χ3v) is 3.76. The summed E-state index contributed by atoms with van der Waals surface area (Å²) < 4.78 is 4.08. The molecule has 3 heterocycles. The molecule has 0 atom stereocenters. The zero-order valence-electron chi connectivity index (χ0n) is 11.5. The SMILES string of the molecule is Cn1c(=O)c2c([nH]c(Cl)[n+]2Cc2ccncc2)n(C)c1=O. The van der Waals surface area contributed by atoms with Crippen molar-refractivity contribution in [2.24, 2.45) is 14.1 Å². The normalized spacial score (nSPS) is 11.2. The molecule has 7 nitrogen and oxygen atoms in total. The Balaban J connectivity index is 2.32. The minimum atomic E-state index is -0.401. The van der Waals surface area contributed by atoms with Gasteiger partial charge in [-0.1, -0.05) is 0 Å². The summed E-state index contributed by atoms with van der Waals surface area (Å²) in [6.45, 7) is 0.412. The van der Waals surface area contributed by atoms with Crippen LogP contribution >= 0.6 is 11.6 Å². The van der Waals surface area contributed by atoms with Gasteiger partial charge in [-0.2, -0.15) is 0 Å². The van der Waals surface area contributed by atoms with Crippen LogP contribution in [-0.4, -0.2) is 19.1 Å². The number of nitrogens with one attached hydrogen (secondary N) is 1. The van der Waals surface area contributed by atoms with Crippen molar-refractivity contribution in [2.75, 3.05) is 0 Å². The first-order valence-electron chi connectivity index (χ1n) is 6.26. The molecule has 0 aliphatic carbocycles. The van der Waals surface area contributed by atoms with Gasteiger partial charge in [-0.25, -0.2) is 14.3 Å². The van der Waals surface area contributed by atoms with Crippen LogP contribution in [0.5, 0.6) is 0 Å². The maximum atomic E-state index is 12.4. The smallest absolute Gasteiger partial charge is 0.265 e. The van der Waals surface area contributed by atoms with Gasteiger partial charge in [-0.05, 0) is 17.7 Å². The maximum Gasteiger partial charge on any atom is 0.355 e. The first-order chi connectivity index (χ1) is 10.0. The van der Waals surface area contributed by atoms with Crippen LogP contribution in [0.25, 0.3) is 11.2 Å². The Hall–Kier alpha value is -2.41. The van der Waals surface area contributed by atoms with Crippen LogP contribution in [0.3, 0.4) is 0 Å². The molecule has 3 aromatic rings. The van der Waals surface area contributed by atoms with Gasteiger partial charge in [0.25, 0.3) is 11.2 Å². The van der Waals surface area contributed by atoms with E-state index in [1.54, 1.807) is 24.0 Å². The molecule has 3 aromatic heterocycles. The molecule has 0 saturated carbocycles. The summed E-state index contributed by atoms with van der Waals surface area (Å²) in [5, 5.41) is 0.292. The van der Waals surface area contributed by atoms with Crippen LogP contribution in [0.4, 0.5) is 0 Å². The van der Waals surface area contributed by atoms with E-state index < -0.39 is 5.69 Å². The predicted molar refractivity (Wildman–Crippen MR) is 77.3 cm³/mol. The first kappa shape index (κ1) is 13.6. The van der Waals surface area contributed by atoms with Gasteiger partial charge in [-0.3, -0.25) is 18.9 Å². The van der Waals surface area contributed by atoms with Gasteiger partial charge in [-0.15, -0.1) is 0 Å². The molecule has 8 heteroatoms. The van der Waals surface area contributed by atoms with Crippen LogP contribution < -0.4 is 15.8 Å². The Morgan fingerprint density at radius 1 is 1.24 bits per heavy atom. The Morgan fingerprint density at radius 3 is 2.57 bits per heavy atom. The second kappa shape index (κ2) is 4.85. The Labute approximate surface area is 124 Å². The molecule has 0 bridgehead atoms. The molecule has 1 N–H and O–H groups in total. The monoisotopic (exact) mass is 306 g/mol. The van der Waals surface area contributed by atoms with Crippen LogP contribution in [-0.2, 0) is 20.6 Å². The number of H-pyrrole nitrogens is 1. The number of hydrogen-bond acceptors (Lipinski definition) is 3. The minimum Gasteiger partial charge on any atom is -0.265 e. The average Bonchev–Trinajstić information content (AvgIpc) is 2.81. The number of rotatable bonds is 2. The fourth-order valence-corrected chi connectivity index (χ4v) is 2.53. The predicted octanol–water partition coefficient (Wildman–Crippen LogP) is -0.0505. The molecule has 0 amide bonds. The lowest BCUT2D eigenvalue weighted by molar-refractivity contribution is -0.660. The number of hydrogen-bond donors (Lipinski definition) is 1. The fourth-order valence-electron chi connectivity index (χ4n) is 2.30. The van der Waals surface area contributed by atoms with E-state index in [2.05, 4.69) is 9.97 Å². The van der Waals surface area contributed by atoms with E-state index in [1.165, 1.54) is 11.6 Å². The van der Waals surface area contributed by atoms with Gasteiger partial charge in [0.2, 0.25) is 0 Å². The van der Waals surface area contributed by atoms with Crippen molar-refractivity contribution in [2.45, 2.75) is 6.54 Å². The highest BCUT2D eigenvalue weighted by Crippen LogP contribution is 2.08. The highest BCUT2D eigenvalue weighted by molar-refractivity contribution is 6.27. The van der Waals surface area contributed by atoms with Crippen molar-refractivity contribution >= 4 is 22.8 Å². The summed E-state index contributed by atoms with van der Waals surface area (Å²) in [7, 11) is 3.04. The van der Waals surface area contributed by atoms with E-state index in [9.17, 15) is 9.59 Å². The van der Waals surface area contributed by atoms with E-state index in [4.69, 9.17) is 11.6 Å². The molecule has 0 aliphatic heterocycles. The topological polar surface area (TPSA) is 76.6 Å². The highest BCUT2D eigenvalue weighted by atomic mass is 35.5. The number of aromatic nitrogens is 5. The van der Waals surface area contributed by atoms with Crippen LogP contribution in [0.2, 0.25) is 5.28 Å². The number of nitrogens with zero attached hydrogens (tertiary/aromatic N) is 4. The fraction of sp³-hybridized carbons (Fsp3) is 0.231. The van der Waals surface area contributed by atoms with E-state index in [1.807, 2.05) is 12.1 Å². The zero-order valence-corrected chi connectivity index (χ0v) is 12.3. The minimum absolute atomic E-state index is 0.292. The molecule has 0 saturated heterocycles. The van der Waals surface area contributed by atoms with Crippen LogP contribution in [0, 0.1) is 0 Å². The van der Waals surface area contributed by atoms with Gasteiger partial charge in [0, 0.05) is 38.1 Å². The van der Waals surface area contributed by atoms with Crippen molar-refractivity contribution in [1.82, 2.24) is 19.1 Å². The van der Waals surface area contributed by atoms with Gasteiger partial charge in [0.15, 0.2) is 0 Å². The second-order valence-corrected chi connectivity index (χ2v) is 5.12. The van der Waals surface area contributed by atoms with E-state index in [0.29, 0.717) is 23.0 Å². The number of imidazole rings is 1. The highest BCUT2D eigenvalue weighted by Gasteiger charge is 2.24. The van der Waals surface area contributed by atoms with Gasteiger partial charge >= 0.3 is 16.5 Å². The standard InChI is InChI=1S/C13H12ClN5O2/c1-17-10-9(11(20)18(2)13(17)21)19(12(14)16-10)7-8-3-5-15-6-4-8/h3-6H,7H2,1-2H3/p+1. The van der Waals surface area contributed by atoms with Gasteiger partial charge in [0.05, 0.1) is 0 Å². The molecule has 0 aliphatic rings. The number of aromatic amines is 1. The summed E-state index contributed by atoms with van der Waals surface area (Å²) >= 11 is 6.19. The number of pyridine rings is 1. The van der Waals surface area contributed by atoms with Crippen molar-refractivity contribution in [3.63, 3.8) is 0 Å². The lowest BCUT2D eigenvalue weighted by Crippen LogP contribution is -2.44. The molecule has 3 rings (SSSR count). The summed E-state index contributed by atoms with van der Waals surface area (Å²) in [6.07, 6.45) is 3.35. The van der Waals surface area contributed by atoms with Crippen molar-refractivity contribution in [3.8, 4) is 0 Å². The summed E-state index contributed by atoms with van der Waals surface area (Å²) in [4.78, 5) is 31.1. The van der Waals surface area contributed by atoms with Gasteiger partial charge in [0.1, 0.15) is 6.54 Å². The molecular formula is C13H13ClN5O2+. The molecular weight excluding hydrogens is 294 g/mol. The molecule has 0 unspecified atom stereocenters. The van der Waals surface area contributed by atoms with Crippen molar-refractivity contribution in [3.05, 3.63) is 56.2 Å². The molecule has 108 valence electrons. The van der Waals surface area contributed by atoms with Gasteiger partial charge < -0.3 is 0 Å². The van der Waals surface area contributed by atoms with Crippen LogP contribution in [0.15, 0.2) is 34.1 Å². The second-order valence-electron chi connectivity index (χ2n) is 4.76. The Kier molecular flexibility index (Phi) is 3.13. The number of aryl methyl sites for hydroxylation is 1. The van der Waals surface area contributed by atoms with Crippen LogP contribution in [0.1, 0.15) is 5.56 Å². The number of fused-ring (bicyclic) bond motifs is 1. The molecule has 0 radical (unpaired) electrons. The average molecular weight is 307 g/mol. The summed E-state index contributed by atoms with van der Waals surface area (Å²) in [5.74, 6) is 0. The summed E-state index contributed by atoms with van der Waals surface area (Å²) in [6, 6.07) is 3.68.